The van der Waals surface area contributed by atoms with Crippen LogP contribution in [0.2, 0.25) is 0 Å². The minimum absolute atomic E-state index is 0.0594. The molecule has 3 aromatic rings. The van der Waals surface area contributed by atoms with Crippen LogP contribution in [-0.4, -0.2) is 27.6 Å². The number of hydrogen-bond donors (Lipinski definition) is 3. The zero-order chi connectivity index (χ0) is 22.3. The minimum atomic E-state index is -2.73. The predicted octanol–water partition coefficient (Wildman–Crippen LogP) is 4.46. The Balaban J connectivity index is 2.14. The molecule has 0 fully saturated rings. The number of imidazole rings is 1. The smallest absolute Gasteiger partial charge is 0.287 e. The Morgan fingerprint density at radius 3 is 2.57 bits per heavy atom. The third-order valence-electron chi connectivity index (χ3n) is 3.34. The lowest BCUT2D eigenvalue weighted by atomic mass is 10.2. The van der Waals surface area contributed by atoms with Crippen molar-refractivity contribution in [3.8, 4) is 0 Å². The molecule has 0 radical (unpaired) electrons. The summed E-state index contributed by atoms with van der Waals surface area (Å²) in [5.74, 6) is -4.66. The lowest BCUT2D eigenvalue weighted by molar-refractivity contribution is -0.285. The summed E-state index contributed by atoms with van der Waals surface area (Å²) in [4.78, 5) is 25.5. The van der Waals surface area contributed by atoms with E-state index in [4.69, 9.17) is 17.3 Å². The fourth-order valence-corrected chi connectivity index (χ4v) is 5.40. The maximum atomic E-state index is 14.0. The third kappa shape index (κ3) is 5.05. The lowest BCUT2D eigenvalue weighted by Gasteiger charge is -2.24. The molecular weight excluding hydrogens is 542 g/mol. The zero-order valence-corrected chi connectivity index (χ0v) is 18.0. The van der Waals surface area contributed by atoms with Gasteiger partial charge in [-0.3, -0.25) is 15.8 Å². The first-order chi connectivity index (χ1) is 13.9. The molecule has 2 atom stereocenters. The van der Waals surface area contributed by atoms with Gasteiger partial charge in [0.1, 0.15) is 15.7 Å². The van der Waals surface area contributed by atoms with Crippen LogP contribution in [0.15, 0.2) is 18.5 Å². The second-order valence-electron chi connectivity index (χ2n) is 5.40. The number of thioether (sulfide) groups is 1. The van der Waals surface area contributed by atoms with Crippen molar-refractivity contribution < 1.29 is 21.9 Å². The molecule has 0 bridgehead atoms. The Morgan fingerprint density at radius 1 is 1.27 bits per heavy atom. The van der Waals surface area contributed by atoms with Crippen LogP contribution in [0.5, 0.6) is 0 Å². The van der Waals surface area contributed by atoms with E-state index in [1.165, 1.54) is 6.33 Å². The first-order valence-corrected chi connectivity index (χ1v) is 10.2. The van der Waals surface area contributed by atoms with Crippen LogP contribution in [0.4, 0.5) is 29.1 Å². The van der Waals surface area contributed by atoms with Gasteiger partial charge in [-0.1, -0.05) is 11.6 Å². The summed E-state index contributed by atoms with van der Waals surface area (Å²) in [7, 11) is 0. The van der Waals surface area contributed by atoms with Crippen molar-refractivity contribution in [1.82, 2.24) is 19.9 Å². The van der Waals surface area contributed by atoms with Gasteiger partial charge in [-0.15, -0.1) is 0 Å². The van der Waals surface area contributed by atoms with E-state index in [0.717, 1.165) is 0 Å². The standard InChI is InChI=1S/C13H7BrClF4N7O2S2/c14-13(15,19)29-12(20,30-26(27)28)11-24-9-8(21-3-22-9)10(25-11)23-7-2-5(17)4(16)1-6(7)18/h1-3H,20H2,(H2,21,22,23,24,25). The summed E-state index contributed by atoms with van der Waals surface area (Å²) in [5.41, 5.74) is 5.44. The van der Waals surface area contributed by atoms with Crippen molar-refractivity contribution in [2.75, 3.05) is 5.32 Å². The number of aromatic nitrogens is 4. The average molecular weight is 549 g/mol. The summed E-state index contributed by atoms with van der Waals surface area (Å²) in [5, 5.41) is 13.5. The van der Waals surface area contributed by atoms with Crippen LogP contribution < -0.4 is 11.1 Å². The molecule has 2 unspecified atom stereocenters. The Kier molecular flexibility index (Phi) is 6.33. The van der Waals surface area contributed by atoms with Crippen molar-refractivity contribution in [1.29, 1.82) is 0 Å². The molecule has 9 nitrogen and oxygen atoms in total. The predicted molar refractivity (Wildman–Crippen MR) is 108 cm³/mol. The molecule has 160 valence electrons. The molecule has 2 heterocycles. The first kappa shape index (κ1) is 22.8. The number of nitro groups is 1. The van der Waals surface area contributed by atoms with Crippen LogP contribution in [0.25, 0.3) is 11.2 Å². The number of anilines is 2. The van der Waals surface area contributed by atoms with E-state index in [1.807, 2.05) is 0 Å². The topological polar surface area (TPSA) is 136 Å². The number of benzene rings is 1. The van der Waals surface area contributed by atoms with Gasteiger partial charge in [0, 0.05) is 12.1 Å². The Morgan fingerprint density at radius 2 is 1.93 bits per heavy atom. The van der Waals surface area contributed by atoms with Gasteiger partial charge < -0.3 is 10.3 Å². The highest BCUT2D eigenvalue weighted by molar-refractivity contribution is 9.12. The average Bonchev–Trinajstić information content (AvgIpc) is 3.06. The van der Waals surface area contributed by atoms with Crippen molar-refractivity contribution in [3.05, 3.63) is 51.9 Å². The van der Waals surface area contributed by atoms with Gasteiger partial charge in [-0.2, -0.15) is 0 Å². The maximum Gasteiger partial charge on any atom is 0.287 e. The minimum Gasteiger partial charge on any atom is -0.340 e. The van der Waals surface area contributed by atoms with E-state index in [2.05, 4.69) is 41.2 Å². The van der Waals surface area contributed by atoms with Crippen LogP contribution >= 0.6 is 51.2 Å². The first-order valence-electron chi connectivity index (χ1n) is 7.40. The summed E-state index contributed by atoms with van der Waals surface area (Å²) < 4.78 is 48.8. The highest BCUT2D eigenvalue weighted by atomic mass is 79.9. The van der Waals surface area contributed by atoms with Crippen molar-refractivity contribution in [2.45, 2.75) is 7.57 Å². The number of rotatable bonds is 7. The molecule has 0 saturated carbocycles. The van der Waals surface area contributed by atoms with Gasteiger partial charge in [0.15, 0.2) is 28.9 Å². The Bertz CT molecular complexity index is 1130. The van der Waals surface area contributed by atoms with Crippen molar-refractivity contribution >= 4 is 73.9 Å². The lowest BCUT2D eigenvalue weighted by Crippen LogP contribution is -2.35. The van der Waals surface area contributed by atoms with Crippen LogP contribution in [0.3, 0.4) is 0 Å². The van der Waals surface area contributed by atoms with Crippen LogP contribution in [0.1, 0.15) is 5.82 Å². The molecule has 30 heavy (non-hydrogen) atoms. The van der Waals surface area contributed by atoms with Crippen LogP contribution in [-0.2, 0) is 4.20 Å². The third-order valence-corrected chi connectivity index (χ3v) is 5.85. The molecule has 2 aromatic heterocycles. The van der Waals surface area contributed by atoms with Gasteiger partial charge in [0.25, 0.3) is 15.3 Å². The van der Waals surface area contributed by atoms with Gasteiger partial charge in [0.05, 0.1) is 12.0 Å². The highest BCUT2D eigenvalue weighted by Crippen LogP contribution is 2.52. The number of nitrogens with one attached hydrogen (secondary N) is 2. The number of hydrogen-bond acceptors (Lipinski definition) is 9. The van der Waals surface area contributed by atoms with Gasteiger partial charge in [0.2, 0.25) is 4.20 Å². The van der Waals surface area contributed by atoms with E-state index in [9.17, 15) is 27.7 Å². The van der Waals surface area contributed by atoms with E-state index in [-0.39, 0.29) is 40.7 Å². The monoisotopic (exact) mass is 547 g/mol. The van der Waals surface area contributed by atoms with Crippen LogP contribution in [0, 0.1) is 27.6 Å². The number of nitrogens with two attached hydrogens (primary N) is 1. The summed E-state index contributed by atoms with van der Waals surface area (Å²) in [6, 6.07) is 0.847. The second kappa shape index (κ2) is 8.33. The quantitative estimate of drug-likeness (QED) is 0.0744. The number of H-pyrrole nitrogens is 1. The molecule has 0 spiro atoms. The number of halogens is 6. The van der Waals surface area contributed by atoms with Crippen molar-refractivity contribution in [2.24, 2.45) is 5.73 Å². The molecule has 0 aliphatic heterocycles. The molecular formula is C13H7BrClF4N7O2S2. The van der Waals surface area contributed by atoms with E-state index < -0.39 is 40.9 Å². The highest BCUT2D eigenvalue weighted by Gasteiger charge is 2.48. The normalized spacial score (nSPS) is 15.6. The van der Waals surface area contributed by atoms with E-state index >= 15 is 0 Å². The zero-order valence-electron chi connectivity index (χ0n) is 14.0. The molecule has 17 heteroatoms. The molecule has 0 amide bonds. The maximum absolute atomic E-state index is 14.0. The summed E-state index contributed by atoms with van der Waals surface area (Å²) in [6.07, 6.45) is 1.17. The molecule has 0 saturated heterocycles. The molecule has 0 aliphatic rings. The molecule has 4 N–H and O–H groups in total. The Hall–Kier alpha value is -1.88. The number of aromatic amines is 1. The Labute approximate surface area is 186 Å². The molecule has 3 rings (SSSR count). The van der Waals surface area contributed by atoms with Crippen molar-refractivity contribution in [3.63, 3.8) is 0 Å². The fourth-order valence-electron chi connectivity index (χ4n) is 2.21. The summed E-state index contributed by atoms with van der Waals surface area (Å²) in [6.45, 7) is 0. The molecule has 1 aromatic carbocycles. The fraction of sp³-hybridized carbons (Fsp3) is 0.154. The van der Waals surface area contributed by atoms with Gasteiger partial charge in [-0.25, -0.2) is 32.5 Å². The largest absolute Gasteiger partial charge is 0.340 e. The SMILES string of the molecule is NC(S[N+](=O)[O-])(SC(F)(Cl)Br)c1nc(Nc2cc(F)c(F)cc2F)c2[nH]cnc2n1. The molecule has 0 aliphatic carbocycles. The van der Waals surface area contributed by atoms with E-state index in [1.54, 1.807) is 0 Å². The second-order valence-corrected chi connectivity index (χ2v) is 11.0. The van der Waals surface area contributed by atoms with Gasteiger partial charge >= 0.3 is 0 Å². The number of nitrogens with zero attached hydrogens (tertiary/aromatic N) is 4. The number of alkyl halides is 3. The van der Waals surface area contributed by atoms with Gasteiger partial charge in [-0.05, 0) is 27.7 Å². The van der Waals surface area contributed by atoms with E-state index in [0.29, 0.717) is 12.1 Å². The number of fused-ring (bicyclic) bond motifs is 1. The summed E-state index contributed by atoms with van der Waals surface area (Å²) >= 11 is 7.82.